The van der Waals surface area contributed by atoms with Crippen molar-refractivity contribution in [2.24, 2.45) is 0 Å². The number of hydrogen-bond acceptors (Lipinski definition) is 3. The summed E-state index contributed by atoms with van der Waals surface area (Å²) in [4.78, 5) is 10.7. The Kier molecular flexibility index (Phi) is 3.51. The highest BCUT2D eigenvalue weighted by Gasteiger charge is 2.04. The Morgan fingerprint density at radius 2 is 2.07 bits per heavy atom. The van der Waals surface area contributed by atoms with Gasteiger partial charge in [0, 0.05) is 0 Å². The molecule has 0 spiro atoms. The SMILES string of the molecule is COc1cc(C)ccc1OCC(C)=O. The maximum absolute atomic E-state index is 10.7. The lowest BCUT2D eigenvalue weighted by Crippen LogP contribution is -2.07. The first-order valence-electron chi connectivity index (χ1n) is 4.40. The van der Waals surface area contributed by atoms with Crippen molar-refractivity contribution >= 4 is 5.78 Å². The van der Waals surface area contributed by atoms with Crippen LogP contribution in [0.2, 0.25) is 0 Å². The van der Waals surface area contributed by atoms with E-state index in [9.17, 15) is 4.79 Å². The summed E-state index contributed by atoms with van der Waals surface area (Å²) in [5.74, 6) is 1.26. The van der Waals surface area contributed by atoms with Crippen molar-refractivity contribution < 1.29 is 14.3 Å². The Morgan fingerprint density at radius 1 is 1.36 bits per heavy atom. The second-order valence-electron chi connectivity index (χ2n) is 3.15. The molecule has 0 radical (unpaired) electrons. The molecule has 0 N–H and O–H groups in total. The van der Waals surface area contributed by atoms with Gasteiger partial charge in [0.25, 0.3) is 0 Å². The lowest BCUT2D eigenvalue weighted by molar-refractivity contribution is -0.118. The molecule has 0 saturated carbocycles. The molecular weight excluding hydrogens is 180 g/mol. The second-order valence-corrected chi connectivity index (χ2v) is 3.15. The van der Waals surface area contributed by atoms with Crippen molar-refractivity contribution in [3.63, 3.8) is 0 Å². The largest absolute Gasteiger partial charge is 0.493 e. The molecule has 0 aliphatic carbocycles. The van der Waals surface area contributed by atoms with Gasteiger partial charge in [-0.3, -0.25) is 4.79 Å². The number of Topliss-reactive ketones (excluding diaryl/α,β-unsaturated/α-hetero) is 1. The Morgan fingerprint density at radius 3 is 2.64 bits per heavy atom. The number of ether oxygens (including phenoxy) is 2. The number of ketones is 1. The quantitative estimate of drug-likeness (QED) is 0.735. The van der Waals surface area contributed by atoms with Crippen LogP contribution in [0.15, 0.2) is 18.2 Å². The van der Waals surface area contributed by atoms with E-state index in [0.29, 0.717) is 11.5 Å². The average molecular weight is 194 g/mol. The minimum Gasteiger partial charge on any atom is -0.493 e. The van der Waals surface area contributed by atoms with E-state index in [-0.39, 0.29) is 12.4 Å². The summed E-state index contributed by atoms with van der Waals surface area (Å²) >= 11 is 0. The van der Waals surface area contributed by atoms with Crippen LogP contribution in [0.1, 0.15) is 12.5 Å². The number of rotatable bonds is 4. The summed E-state index contributed by atoms with van der Waals surface area (Å²) in [5, 5.41) is 0. The summed E-state index contributed by atoms with van der Waals surface area (Å²) < 4.78 is 10.4. The van der Waals surface area contributed by atoms with Crippen LogP contribution in [0.5, 0.6) is 11.5 Å². The zero-order valence-electron chi connectivity index (χ0n) is 8.66. The van der Waals surface area contributed by atoms with Crippen LogP contribution in [0.3, 0.4) is 0 Å². The number of hydrogen-bond donors (Lipinski definition) is 0. The third-order valence-corrected chi connectivity index (χ3v) is 1.75. The fraction of sp³-hybridized carbons (Fsp3) is 0.364. The minimum atomic E-state index is -0.00683. The fourth-order valence-electron chi connectivity index (χ4n) is 1.07. The third-order valence-electron chi connectivity index (χ3n) is 1.75. The summed E-state index contributed by atoms with van der Waals surface area (Å²) in [6.07, 6.45) is 0. The van der Waals surface area contributed by atoms with Crippen LogP contribution in [-0.2, 0) is 4.79 Å². The lowest BCUT2D eigenvalue weighted by Gasteiger charge is -2.09. The molecule has 0 saturated heterocycles. The van der Waals surface area contributed by atoms with Gasteiger partial charge in [0.05, 0.1) is 7.11 Å². The Hall–Kier alpha value is -1.51. The normalized spacial score (nSPS) is 9.64. The first-order chi connectivity index (χ1) is 6.63. The topological polar surface area (TPSA) is 35.5 Å². The predicted octanol–water partition coefficient (Wildman–Crippen LogP) is 1.97. The highest BCUT2D eigenvalue weighted by Crippen LogP contribution is 2.27. The Balaban J connectivity index is 2.80. The smallest absolute Gasteiger partial charge is 0.167 e. The summed E-state index contributed by atoms with van der Waals surface area (Å²) in [6.45, 7) is 3.54. The molecule has 76 valence electrons. The maximum atomic E-state index is 10.7. The first kappa shape index (κ1) is 10.6. The van der Waals surface area contributed by atoms with Gasteiger partial charge in [-0.05, 0) is 31.5 Å². The average Bonchev–Trinajstić information content (AvgIpc) is 2.15. The van der Waals surface area contributed by atoms with Gasteiger partial charge in [-0.1, -0.05) is 6.07 Å². The van der Waals surface area contributed by atoms with Gasteiger partial charge < -0.3 is 9.47 Å². The van der Waals surface area contributed by atoms with Crippen molar-refractivity contribution in [3.05, 3.63) is 23.8 Å². The van der Waals surface area contributed by atoms with Gasteiger partial charge in [-0.25, -0.2) is 0 Å². The molecule has 1 aromatic carbocycles. The van der Waals surface area contributed by atoms with Crippen LogP contribution >= 0.6 is 0 Å². The Labute approximate surface area is 83.6 Å². The first-order valence-corrected chi connectivity index (χ1v) is 4.40. The van der Waals surface area contributed by atoms with Gasteiger partial charge in [-0.2, -0.15) is 0 Å². The number of carbonyl (C=O) groups is 1. The van der Waals surface area contributed by atoms with Crippen molar-refractivity contribution in [3.8, 4) is 11.5 Å². The molecule has 0 fully saturated rings. The molecule has 0 aliphatic heterocycles. The van der Waals surface area contributed by atoms with E-state index >= 15 is 0 Å². The molecule has 0 unspecified atom stereocenters. The molecule has 1 aromatic rings. The van der Waals surface area contributed by atoms with Crippen LogP contribution in [-0.4, -0.2) is 19.5 Å². The van der Waals surface area contributed by atoms with Crippen LogP contribution in [0.4, 0.5) is 0 Å². The highest BCUT2D eigenvalue weighted by molar-refractivity contribution is 5.77. The van der Waals surface area contributed by atoms with E-state index in [1.807, 2.05) is 19.1 Å². The van der Waals surface area contributed by atoms with Gasteiger partial charge in [0.15, 0.2) is 17.3 Å². The standard InChI is InChI=1S/C11H14O3/c1-8-4-5-10(11(6-8)13-3)14-7-9(2)12/h4-6H,7H2,1-3H3. The van der Waals surface area contributed by atoms with Crippen molar-refractivity contribution in [1.29, 1.82) is 0 Å². The van der Waals surface area contributed by atoms with Gasteiger partial charge in [0.2, 0.25) is 0 Å². The van der Waals surface area contributed by atoms with Crippen LogP contribution in [0.25, 0.3) is 0 Å². The van der Waals surface area contributed by atoms with Crippen molar-refractivity contribution in [1.82, 2.24) is 0 Å². The van der Waals surface area contributed by atoms with E-state index in [0.717, 1.165) is 5.56 Å². The maximum Gasteiger partial charge on any atom is 0.167 e. The monoisotopic (exact) mass is 194 g/mol. The predicted molar refractivity (Wildman–Crippen MR) is 53.9 cm³/mol. The molecule has 0 atom stereocenters. The van der Waals surface area contributed by atoms with E-state index in [2.05, 4.69) is 0 Å². The summed E-state index contributed by atoms with van der Waals surface area (Å²) in [6, 6.07) is 5.59. The number of methoxy groups -OCH3 is 1. The van der Waals surface area contributed by atoms with Gasteiger partial charge in [-0.15, -0.1) is 0 Å². The van der Waals surface area contributed by atoms with Crippen molar-refractivity contribution in [2.45, 2.75) is 13.8 Å². The molecule has 0 aliphatic rings. The number of aryl methyl sites for hydroxylation is 1. The van der Waals surface area contributed by atoms with Gasteiger partial charge in [0.1, 0.15) is 6.61 Å². The Bertz CT molecular complexity index is 331. The number of benzene rings is 1. The van der Waals surface area contributed by atoms with Gasteiger partial charge >= 0.3 is 0 Å². The third kappa shape index (κ3) is 2.76. The summed E-state index contributed by atoms with van der Waals surface area (Å²) in [5.41, 5.74) is 1.09. The molecule has 0 heterocycles. The van der Waals surface area contributed by atoms with E-state index in [1.54, 1.807) is 13.2 Å². The van der Waals surface area contributed by atoms with E-state index in [4.69, 9.17) is 9.47 Å². The minimum absolute atomic E-state index is 0.00683. The molecule has 14 heavy (non-hydrogen) atoms. The molecular formula is C11H14O3. The molecule has 3 heteroatoms. The summed E-state index contributed by atoms with van der Waals surface area (Å²) in [7, 11) is 1.58. The fourth-order valence-corrected chi connectivity index (χ4v) is 1.07. The zero-order valence-corrected chi connectivity index (χ0v) is 8.66. The molecule has 3 nitrogen and oxygen atoms in total. The van der Waals surface area contributed by atoms with Crippen molar-refractivity contribution in [2.75, 3.05) is 13.7 Å². The number of carbonyl (C=O) groups excluding carboxylic acids is 1. The van der Waals surface area contributed by atoms with Crippen LogP contribution < -0.4 is 9.47 Å². The molecule has 0 bridgehead atoms. The van der Waals surface area contributed by atoms with E-state index < -0.39 is 0 Å². The van der Waals surface area contributed by atoms with Crippen LogP contribution in [0, 0.1) is 6.92 Å². The molecule has 0 amide bonds. The lowest BCUT2D eigenvalue weighted by atomic mass is 10.2. The second kappa shape index (κ2) is 4.65. The molecule has 1 rings (SSSR count). The van der Waals surface area contributed by atoms with E-state index in [1.165, 1.54) is 6.92 Å². The highest BCUT2D eigenvalue weighted by atomic mass is 16.5. The zero-order chi connectivity index (χ0) is 10.6. The molecule has 0 aromatic heterocycles.